The summed E-state index contributed by atoms with van der Waals surface area (Å²) in [5.74, 6) is 0. The van der Waals surface area contributed by atoms with Gasteiger partial charge in [0, 0.05) is 0 Å². The van der Waals surface area contributed by atoms with Crippen LogP contribution in [0.25, 0.3) is 0 Å². The second-order valence-corrected chi connectivity index (χ2v) is 3.36. The van der Waals surface area contributed by atoms with Crippen LogP contribution >= 0.6 is 0 Å². The average Bonchev–Trinajstić information content (AvgIpc) is 1.85. The maximum absolute atomic E-state index is 9.29. The first-order valence-electron chi connectivity index (χ1n) is 4.02. The molecule has 1 nitrogen and oxygen atoms in total. The van der Waals surface area contributed by atoms with E-state index in [1.54, 1.807) is 19.9 Å². The van der Waals surface area contributed by atoms with Crippen LogP contribution in [-0.2, 0) is 0 Å². The maximum Gasteiger partial charge on any atom is 0.0771 e. The lowest BCUT2D eigenvalue weighted by Gasteiger charge is -2.09. The highest BCUT2D eigenvalue weighted by atomic mass is 16.3. The van der Waals surface area contributed by atoms with E-state index in [0.717, 1.165) is 12.8 Å². The predicted octanol–water partition coefficient (Wildman–Crippen LogP) is 2.67. The van der Waals surface area contributed by atoms with E-state index in [-0.39, 0.29) is 0 Å². The third kappa shape index (κ3) is 7.34. The molecular formula is C10H18O. The smallest absolute Gasteiger partial charge is 0.0771 e. The maximum atomic E-state index is 9.29. The van der Waals surface area contributed by atoms with Gasteiger partial charge in [0.1, 0.15) is 0 Å². The van der Waals surface area contributed by atoms with Crippen molar-refractivity contribution in [2.75, 3.05) is 0 Å². The first-order chi connectivity index (χ1) is 4.95. The highest BCUT2D eigenvalue weighted by Gasteiger charge is 2.04. The number of aliphatic hydroxyl groups is 1. The Bertz CT molecular complexity index is 149. The van der Waals surface area contributed by atoms with Gasteiger partial charge in [0.15, 0.2) is 0 Å². The number of rotatable bonds is 4. The van der Waals surface area contributed by atoms with Gasteiger partial charge in [0.25, 0.3) is 0 Å². The lowest BCUT2D eigenvalue weighted by molar-refractivity contribution is 0.133. The lowest BCUT2D eigenvalue weighted by atomic mass is 10.1. The molecule has 64 valence electrons. The van der Waals surface area contributed by atoms with Gasteiger partial charge < -0.3 is 5.11 Å². The van der Waals surface area contributed by atoms with Crippen LogP contribution < -0.4 is 0 Å². The lowest BCUT2D eigenvalue weighted by Crippen LogP contribution is -2.13. The molecular weight excluding hydrogens is 136 g/mol. The molecule has 0 aliphatic rings. The molecule has 0 rings (SSSR count). The molecule has 0 saturated heterocycles. The summed E-state index contributed by atoms with van der Waals surface area (Å²) in [6.45, 7) is 9.47. The van der Waals surface area contributed by atoms with E-state index in [9.17, 15) is 5.11 Å². The molecule has 11 heavy (non-hydrogen) atoms. The molecule has 0 radical (unpaired) electrons. The van der Waals surface area contributed by atoms with Crippen molar-refractivity contribution in [3.8, 4) is 0 Å². The molecule has 0 bridgehead atoms. The van der Waals surface area contributed by atoms with Crippen molar-refractivity contribution >= 4 is 0 Å². The van der Waals surface area contributed by atoms with Crippen molar-refractivity contribution in [2.24, 2.45) is 0 Å². The zero-order valence-electron chi connectivity index (χ0n) is 7.72. The van der Waals surface area contributed by atoms with Crippen LogP contribution in [-0.4, -0.2) is 10.7 Å². The normalized spacial score (nSPS) is 12.4. The monoisotopic (exact) mass is 154 g/mol. The van der Waals surface area contributed by atoms with Gasteiger partial charge in [-0.3, -0.25) is 0 Å². The Hall–Kier alpha value is -0.560. The average molecular weight is 154 g/mol. The van der Waals surface area contributed by atoms with Gasteiger partial charge in [-0.05, 0) is 26.7 Å². The molecule has 0 aliphatic heterocycles. The third-order valence-corrected chi connectivity index (χ3v) is 1.43. The summed E-state index contributed by atoms with van der Waals surface area (Å²) in [6.07, 6.45) is 5.65. The number of hydrogen-bond acceptors (Lipinski definition) is 1. The van der Waals surface area contributed by atoms with Crippen LogP contribution in [0.1, 0.15) is 33.6 Å². The highest BCUT2D eigenvalue weighted by Crippen LogP contribution is 2.07. The van der Waals surface area contributed by atoms with Crippen molar-refractivity contribution in [1.82, 2.24) is 0 Å². The van der Waals surface area contributed by atoms with Crippen LogP contribution in [0, 0.1) is 0 Å². The minimum absolute atomic E-state index is 0.686. The van der Waals surface area contributed by atoms with Gasteiger partial charge in [0.2, 0.25) is 0 Å². The summed E-state index contributed by atoms with van der Waals surface area (Å²) < 4.78 is 0. The van der Waals surface area contributed by atoms with E-state index < -0.39 is 5.60 Å². The highest BCUT2D eigenvalue weighted by molar-refractivity contribution is 5.04. The van der Waals surface area contributed by atoms with Crippen LogP contribution in [0.2, 0.25) is 0 Å². The van der Waals surface area contributed by atoms with E-state index in [4.69, 9.17) is 0 Å². The largest absolute Gasteiger partial charge is 0.386 e. The van der Waals surface area contributed by atoms with Crippen LogP contribution in [0.4, 0.5) is 0 Å². The summed E-state index contributed by atoms with van der Waals surface area (Å²) in [5, 5.41) is 9.29. The Morgan fingerprint density at radius 2 is 2.09 bits per heavy atom. The van der Waals surface area contributed by atoms with Gasteiger partial charge >= 0.3 is 0 Å². The molecule has 0 atom stereocenters. The van der Waals surface area contributed by atoms with E-state index in [1.807, 2.05) is 6.08 Å². The van der Waals surface area contributed by atoms with Crippen LogP contribution in [0.3, 0.4) is 0 Å². The molecule has 0 aromatic rings. The standard InChI is InChI=1S/C10H18O/c1-5-9(2)7-6-8-10(3,4)11/h6,8,11H,2,5,7H2,1,3-4H3. The number of hydrogen-bond donors (Lipinski definition) is 1. The van der Waals surface area contributed by atoms with E-state index >= 15 is 0 Å². The summed E-state index contributed by atoms with van der Waals surface area (Å²) in [7, 11) is 0. The number of allylic oxidation sites excluding steroid dienone is 2. The second kappa shape index (κ2) is 4.35. The topological polar surface area (TPSA) is 20.2 Å². The zero-order valence-corrected chi connectivity index (χ0v) is 7.72. The van der Waals surface area contributed by atoms with Crippen LogP contribution in [0.15, 0.2) is 24.3 Å². The molecule has 1 N–H and O–H groups in total. The van der Waals surface area contributed by atoms with Crippen molar-refractivity contribution in [3.63, 3.8) is 0 Å². The summed E-state index contributed by atoms with van der Waals surface area (Å²) >= 11 is 0. The van der Waals surface area contributed by atoms with Gasteiger partial charge in [-0.15, -0.1) is 0 Å². The van der Waals surface area contributed by atoms with E-state index in [1.165, 1.54) is 5.57 Å². The molecule has 0 heterocycles. The Morgan fingerprint density at radius 3 is 2.45 bits per heavy atom. The van der Waals surface area contributed by atoms with Gasteiger partial charge in [-0.1, -0.05) is 31.2 Å². The van der Waals surface area contributed by atoms with Gasteiger partial charge in [-0.2, -0.15) is 0 Å². The fourth-order valence-electron chi connectivity index (χ4n) is 0.658. The Morgan fingerprint density at radius 1 is 1.55 bits per heavy atom. The summed E-state index contributed by atoms with van der Waals surface area (Å²) in [4.78, 5) is 0. The minimum Gasteiger partial charge on any atom is -0.386 e. The Balaban J connectivity index is 3.70. The first-order valence-corrected chi connectivity index (χ1v) is 4.02. The summed E-state index contributed by atoms with van der Waals surface area (Å²) in [5.41, 5.74) is 0.513. The van der Waals surface area contributed by atoms with Crippen molar-refractivity contribution < 1.29 is 5.11 Å². The first kappa shape index (κ1) is 10.4. The van der Waals surface area contributed by atoms with Crippen molar-refractivity contribution in [3.05, 3.63) is 24.3 Å². The molecule has 0 unspecified atom stereocenters. The molecule has 0 spiro atoms. The molecule has 0 saturated carbocycles. The SMILES string of the molecule is C=C(CC)CC=CC(C)(C)O. The molecule has 0 aliphatic carbocycles. The fourth-order valence-corrected chi connectivity index (χ4v) is 0.658. The molecule has 0 fully saturated rings. The Kier molecular flexibility index (Phi) is 4.12. The quantitative estimate of drug-likeness (QED) is 0.617. The zero-order chi connectivity index (χ0) is 8.91. The Labute approximate surface area is 69.4 Å². The van der Waals surface area contributed by atoms with Crippen molar-refractivity contribution in [1.29, 1.82) is 0 Å². The van der Waals surface area contributed by atoms with E-state index in [0.29, 0.717) is 0 Å². The minimum atomic E-state index is -0.686. The van der Waals surface area contributed by atoms with E-state index in [2.05, 4.69) is 13.5 Å². The second-order valence-electron chi connectivity index (χ2n) is 3.36. The molecule has 0 amide bonds. The molecule has 0 aromatic heterocycles. The predicted molar refractivity (Wildman–Crippen MR) is 49.5 cm³/mol. The molecule has 1 heteroatoms. The fraction of sp³-hybridized carbons (Fsp3) is 0.600. The summed E-state index contributed by atoms with van der Waals surface area (Å²) in [6, 6.07) is 0. The molecule has 0 aromatic carbocycles. The third-order valence-electron chi connectivity index (χ3n) is 1.43. The van der Waals surface area contributed by atoms with Gasteiger partial charge in [-0.25, -0.2) is 0 Å². The van der Waals surface area contributed by atoms with Crippen LogP contribution in [0.5, 0.6) is 0 Å². The van der Waals surface area contributed by atoms with Gasteiger partial charge in [0.05, 0.1) is 5.60 Å². The van der Waals surface area contributed by atoms with Crippen molar-refractivity contribution in [2.45, 2.75) is 39.2 Å².